The average molecular weight is 250 g/mol. The van der Waals surface area contributed by atoms with Crippen molar-refractivity contribution in [1.29, 1.82) is 5.26 Å². The molecule has 1 aliphatic carbocycles. The number of ether oxygens (including phenoxy) is 1. The smallest absolute Gasteiger partial charge is 0.240 e. The van der Waals surface area contributed by atoms with Crippen molar-refractivity contribution < 1.29 is 9.53 Å². The molecule has 4 nitrogen and oxygen atoms in total. The van der Waals surface area contributed by atoms with Gasteiger partial charge in [-0.2, -0.15) is 5.26 Å². The van der Waals surface area contributed by atoms with E-state index >= 15 is 0 Å². The Labute approximate surface area is 109 Å². The Balaban J connectivity index is 1.83. The number of carbonyl (C=O) groups excluding carboxylic acids is 1. The molecule has 0 radical (unpaired) electrons. The Morgan fingerprint density at radius 3 is 2.83 bits per heavy atom. The van der Waals surface area contributed by atoms with Gasteiger partial charge in [0.15, 0.2) is 0 Å². The lowest BCUT2D eigenvalue weighted by molar-refractivity contribution is -0.134. The second kappa shape index (κ2) is 5.27. The standard InChI is InChI=1S/C14H22N2O2/c1-3-12-11(4-5-18-12)8-16-13(17)14(9-15)6-10(2)7-14/h10-12H,3-8H2,1-2H3,(H,16,17). The molecule has 18 heavy (non-hydrogen) atoms. The molecule has 0 aromatic rings. The van der Waals surface area contributed by atoms with Gasteiger partial charge in [0.2, 0.25) is 5.91 Å². The van der Waals surface area contributed by atoms with E-state index in [4.69, 9.17) is 4.74 Å². The van der Waals surface area contributed by atoms with Gasteiger partial charge in [-0.05, 0) is 31.6 Å². The third-order valence-corrected chi connectivity index (χ3v) is 4.32. The molecular weight excluding hydrogens is 228 g/mol. The quantitative estimate of drug-likeness (QED) is 0.828. The van der Waals surface area contributed by atoms with Crippen LogP contribution in [0.15, 0.2) is 0 Å². The van der Waals surface area contributed by atoms with Gasteiger partial charge in [-0.1, -0.05) is 13.8 Å². The Kier molecular flexibility index (Phi) is 3.91. The Morgan fingerprint density at radius 2 is 2.28 bits per heavy atom. The predicted molar refractivity (Wildman–Crippen MR) is 67.6 cm³/mol. The van der Waals surface area contributed by atoms with Crippen molar-refractivity contribution in [1.82, 2.24) is 5.32 Å². The number of amides is 1. The van der Waals surface area contributed by atoms with Crippen LogP contribution in [0.25, 0.3) is 0 Å². The summed E-state index contributed by atoms with van der Waals surface area (Å²) in [5.74, 6) is 0.825. The second-order valence-electron chi connectivity index (χ2n) is 5.78. The van der Waals surface area contributed by atoms with E-state index < -0.39 is 5.41 Å². The molecule has 1 saturated carbocycles. The molecular formula is C14H22N2O2. The number of hydrogen-bond donors (Lipinski definition) is 1. The molecule has 1 amide bonds. The van der Waals surface area contributed by atoms with Gasteiger partial charge < -0.3 is 10.1 Å². The van der Waals surface area contributed by atoms with Crippen LogP contribution in [0, 0.1) is 28.6 Å². The summed E-state index contributed by atoms with van der Waals surface area (Å²) < 4.78 is 5.60. The number of nitriles is 1. The minimum absolute atomic E-state index is 0.0788. The molecule has 2 rings (SSSR count). The summed E-state index contributed by atoms with van der Waals surface area (Å²) in [5.41, 5.74) is -0.749. The fourth-order valence-corrected chi connectivity index (χ4v) is 3.23. The van der Waals surface area contributed by atoms with Crippen LogP contribution in [0.2, 0.25) is 0 Å². The number of carbonyl (C=O) groups is 1. The maximum Gasteiger partial charge on any atom is 0.240 e. The van der Waals surface area contributed by atoms with Gasteiger partial charge in [0, 0.05) is 19.1 Å². The average Bonchev–Trinajstić information content (AvgIpc) is 2.79. The third-order valence-electron chi connectivity index (χ3n) is 4.32. The van der Waals surface area contributed by atoms with Gasteiger partial charge in [0.25, 0.3) is 0 Å². The van der Waals surface area contributed by atoms with E-state index in [1.54, 1.807) is 0 Å². The molecule has 2 fully saturated rings. The molecule has 1 N–H and O–H groups in total. The Bertz CT molecular complexity index is 355. The van der Waals surface area contributed by atoms with Crippen molar-refractivity contribution in [2.45, 2.75) is 45.6 Å². The van der Waals surface area contributed by atoms with Gasteiger partial charge >= 0.3 is 0 Å². The lowest BCUT2D eigenvalue weighted by Crippen LogP contribution is -2.49. The van der Waals surface area contributed by atoms with Crippen molar-refractivity contribution in [3.8, 4) is 6.07 Å². The number of nitrogens with zero attached hydrogens (tertiary/aromatic N) is 1. The second-order valence-corrected chi connectivity index (χ2v) is 5.78. The molecule has 2 atom stereocenters. The SMILES string of the molecule is CCC1OCCC1CNC(=O)C1(C#N)CC(C)C1. The Morgan fingerprint density at radius 1 is 1.56 bits per heavy atom. The zero-order chi connectivity index (χ0) is 13.2. The van der Waals surface area contributed by atoms with E-state index in [1.807, 2.05) is 0 Å². The highest BCUT2D eigenvalue weighted by Gasteiger charge is 2.49. The first-order valence-electron chi connectivity index (χ1n) is 6.92. The van der Waals surface area contributed by atoms with Crippen molar-refractivity contribution in [3.05, 3.63) is 0 Å². The third kappa shape index (κ3) is 2.37. The Hall–Kier alpha value is -1.08. The molecule has 2 aliphatic rings. The van der Waals surface area contributed by atoms with Crippen LogP contribution >= 0.6 is 0 Å². The fourth-order valence-electron chi connectivity index (χ4n) is 3.23. The molecule has 1 heterocycles. The zero-order valence-electron chi connectivity index (χ0n) is 11.2. The maximum atomic E-state index is 12.1. The van der Waals surface area contributed by atoms with E-state index in [2.05, 4.69) is 25.2 Å². The van der Waals surface area contributed by atoms with Gasteiger partial charge in [0.05, 0.1) is 12.2 Å². The first kappa shape index (κ1) is 13.4. The van der Waals surface area contributed by atoms with Crippen molar-refractivity contribution >= 4 is 5.91 Å². The summed E-state index contributed by atoms with van der Waals surface area (Å²) in [4.78, 5) is 12.1. The van der Waals surface area contributed by atoms with Crippen molar-refractivity contribution in [2.75, 3.05) is 13.2 Å². The number of nitrogens with one attached hydrogen (secondary N) is 1. The molecule has 4 heteroatoms. The minimum atomic E-state index is -0.749. The lowest BCUT2D eigenvalue weighted by atomic mass is 9.63. The van der Waals surface area contributed by atoms with E-state index in [-0.39, 0.29) is 12.0 Å². The van der Waals surface area contributed by atoms with Gasteiger partial charge in [-0.3, -0.25) is 4.79 Å². The molecule has 0 spiro atoms. The summed E-state index contributed by atoms with van der Waals surface area (Å²) >= 11 is 0. The van der Waals surface area contributed by atoms with E-state index in [9.17, 15) is 10.1 Å². The summed E-state index contributed by atoms with van der Waals surface area (Å²) in [6.45, 7) is 5.63. The van der Waals surface area contributed by atoms with Crippen LogP contribution < -0.4 is 5.32 Å². The molecule has 2 unspecified atom stereocenters. The molecule has 0 aromatic heterocycles. The van der Waals surface area contributed by atoms with Gasteiger partial charge in [-0.15, -0.1) is 0 Å². The van der Waals surface area contributed by atoms with Crippen LogP contribution in [-0.2, 0) is 9.53 Å². The maximum absolute atomic E-state index is 12.1. The first-order valence-corrected chi connectivity index (χ1v) is 6.92. The van der Waals surface area contributed by atoms with E-state index in [0.29, 0.717) is 31.2 Å². The summed E-state index contributed by atoms with van der Waals surface area (Å²) in [7, 11) is 0. The summed E-state index contributed by atoms with van der Waals surface area (Å²) in [6, 6.07) is 2.20. The monoisotopic (exact) mass is 250 g/mol. The van der Waals surface area contributed by atoms with Gasteiger partial charge in [0.1, 0.15) is 5.41 Å². The van der Waals surface area contributed by atoms with Crippen LogP contribution in [-0.4, -0.2) is 25.2 Å². The van der Waals surface area contributed by atoms with E-state index in [0.717, 1.165) is 19.4 Å². The molecule has 1 aliphatic heterocycles. The van der Waals surface area contributed by atoms with Crippen LogP contribution in [0.1, 0.15) is 39.5 Å². The molecule has 0 bridgehead atoms. The summed E-state index contributed by atoms with van der Waals surface area (Å²) in [6.07, 6.45) is 3.67. The van der Waals surface area contributed by atoms with Crippen molar-refractivity contribution in [3.63, 3.8) is 0 Å². The molecule has 100 valence electrons. The van der Waals surface area contributed by atoms with Crippen molar-refractivity contribution in [2.24, 2.45) is 17.3 Å². The number of rotatable bonds is 4. The normalized spacial score (nSPS) is 38.8. The number of hydrogen-bond acceptors (Lipinski definition) is 3. The van der Waals surface area contributed by atoms with Gasteiger partial charge in [-0.25, -0.2) is 0 Å². The van der Waals surface area contributed by atoms with E-state index in [1.165, 1.54) is 0 Å². The fraction of sp³-hybridized carbons (Fsp3) is 0.857. The van der Waals surface area contributed by atoms with Crippen LogP contribution in [0.4, 0.5) is 0 Å². The predicted octanol–water partition coefficient (Wildman–Crippen LogP) is 1.86. The largest absolute Gasteiger partial charge is 0.378 e. The highest BCUT2D eigenvalue weighted by atomic mass is 16.5. The topological polar surface area (TPSA) is 62.1 Å². The molecule has 1 saturated heterocycles. The first-order chi connectivity index (χ1) is 8.61. The van der Waals surface area contributed by atoms with Crippen LogP contribution in [0.3, 0.4) is 0 Å². The highest BCUT2D eigenvalue weighted by molar-refractivity contribution is 5.86. The van der Waals surface area contributed by atoms with Crippen LogP contribution in [0.5, 0.6) is 0 Å². The minimum Gasteiger partial charge on any atom is -0.378 e. The highest BCUT2D eigenvalue weighted by Crippen LogP contribution is 2.45. The summed E-state index contributed by atoms with van der Waals surface area (Å²) in [5, 5.41) is 12.1. The lowest BCUT2D eigenvalue weighted by Gasteiger charge is -2.39. The zero-order valence-corrected chi connectivity index (χ0v) is 11.2. The molecule has 0 aromatic carbocycles.